The van der Waals surface area contributed by atoms with E-state index >= 15 is 0 Å². The molecule has 0 unspecified atom stereocenters. The Kier molecular flexibility index (Phi) is 4.02. The van der Waals surface area contributed by atoms with Crippen LogP contribution in [0.1, 0.15) is 19.8 Å². The maximum absolute atomic E-state index is 13.4. The standard InChI is InChI=1S/C13H16BrFN2O/c1-13(4-6-16-7-5-13)12(18)17-9-2-3-10(14)11(15)8-9/h2-3,8,16H,4-7H2,1H3,(H,17,18). The minimum atomic E-state index is -0.372. The van der Waals surface area contributed by atoms with Gasteiger partial charge in [0, 0.05) is 11.1 Å². The largest absolute Gasteiger partial charge is 0.326 e. The molecular weight excluding hydrogens is 299 g/mol. The van der Waals surface area contributed by atoms with Gasteiger partial charge in [0.1, 0.15) is 5.82 Å². The summed E-state index contributed by atoms with van der Waals surface area (Å²) in [6.45, 7) is 3.65. The van der Waals surface area contributed by atoms with Gasteiger partial charge in [-0.2, -0.15) is 0 Å². The van der Waals surface area contributed by atoms with Crippen molar-refractivity contribution in [2.24, 2.45) is 5.41 Å². The molecule has 1 heterocycles. The van der Waals surface area contributed by atoms with Crippen molar-refractivity contribution in [3.63, 3.8) is 0 Å². The van der Waals surface area contributed by atoms with Crippen LogP contribution in [0.15, 0.2) is 22.7 Å². The number of hydrogen-bond acceptors (Lipinski definition) is 2. The zero-order valence-corrected chi connectivity index (χ0v) is 11.8. The molecule has 0 spiro atoms. The quantitative estimate of drug-likeness (QED) is 0.881. The van der Waals surface area contributed by atoms with Crippen LogP contribution < -0.4 is 10.6 Å². The molecule has 3 nitrogen and oxygen atoms in total. The van der Waals surface area contributed by atoms with Crippen molar-refractivity contribution in [3.05, 3.63) is 28.5 Å². The molecule has 1 aliphatic heterocycles. The number of piperidine rings is 1. The SMILES string of the molecule is CC1(C(=O)Nc2ccc(Br)c(F)c2)CCNCC1. The predicted molar refractivity (Wildman–Crippen MR) is 72.9 cm³/mol. The van der Waals surface area contributed by atoms with Crippen LogP contribution in [0.25, 0.3) is 0 Å². The molecule has 1 amide bonds. The van der Waals surface area contributed by atoms with E-state index in [0.717, 1.165) is 25.9 Å². The van der Waals surface area contributed by atoms with Gasteiger partial charge in [-0.05, 0) is 60.1 Å². The Morgan fingerprint density at radius 3 is 2.72 bits per heavy atom. The number of carbonyl (C=O) groups is 1. The second-order valence-electron chi connectivity index (χ2n) is 4.89. The summed E-state index contributed by atoms with van der Waals surface area (Å²) in [7, 11) is 0. The number of benzene rings is 1. The summed E-state index contributed by atoms with van der Waals surface area (Å²) < 4.78 is 13.8. The van der Waals surface area contributed by atoms with Crippen LogP contribution in [-0.4, -0.2) is 19.0 Å². The van der Waals surface area contributed by atoms with Gasteiger partial charge in [-0.15, -0.1) is 0 Å². The van der Waals surface area contributed by atoms with Gasteiger partial charge in [-0.25, -0.2) is 4.39 Å². The molecule has 0 radical (unpaired) electrons. The fourth-order valence-corrected chi connectivity index (χ4v) is 2.31. The van der Waals surface area contributed by atoms with Crippen LogP contribution in [0.2, 0.25) is 0 Å². The van der Waals surface area contributed by atoms with Gasteiger partial charge in [-0.3, -0.25) is 4.79 Å². The van der Waals surface area contributed by atoms with Crippen LogP contribution in [0, 0.1) is 11.2 Å². The number of halogens is 2. The number of hydrogen-bond donors (Lipinski definition) is 2. The van der Waals surface area contributed by atoms with Crippen LogP contribution in [0.4, 0.5) is 10.1 Å². The average molecular weight is 315 g/mol. The van der Waals surface area contributed by atoms with Crippen LogP contribution in [0.5, 0.6) is 0 Å². The lowest BCUT2D eigenvalue weighted by Gasteiger charge is -2.32. The molecule has 1 fully saturated rings. The maximum Gasteiger partial charge on any atom is 0.230 e. The Hall–Kier alpha value is -0.940. The number of anilines is 1. The molecule has 0 saturated carbocycles. The fraction of sp³-hybridized carbons (Fsp3) is 0.462. The van der Waals surface area contributed by atoms with E-state index in [0.29, 0.717) is 10.2 Å². The lowest BCUT2D eigenvalue weighted by molar-refractivity contribution is -0.126. The second-order valence-corrected chi connectivity index (χ2v) is 5.75. The molecule has 0 bridgehead atoms. The van der Waals surface area contributed by atoms with E-state index in [1.165, 1.54) is 6.07 Å². The monoisotopic (exact) mass is 314 g/mol. The molecular formula is C13H16BrFN2O. The summed E-state index contributed by atoms with van der Waals surface area (Å²) in [5.74, 6) is -0.408. The van der Waals surface area contributed by atoms with Gasteiger partial charge >= 0.3 is 0 Å². The first kappa shape index (κ1) is 13.5. The highest BCUT2D eigenvalue weighted by molar-refractivity contribution is 9.10. The normalized spacial score (nSPS) is 18.4. The van der Waals surface area contributed by atoms with Gasteiger partial charge < -0.3 is 10.6 Å². The van der Waals surface area contributed by atoms with E-state index in [2.05, 4.69) is 26.6 Å². The molecule has 1 saturated heterocycles. The Balaban J connectivity index is 2.08. The first-order chi connectivity index (χ1) is 8.51. The Morgan fingerprint density at radius 1 is 1.44 bits per heavy atom. The van der Waals surface area contributed by atoms with Crippen molar-refractivity contribution in [2.75, 3.05) is 18.4 Å². The maximum atomic E-state index is 13.4. The zero-order chi connectivity index (χ0) is 13.2. The highest BCUT2D eigenvalue weighted by atomic mass is 79.9. The van der Waals surface area contributed by atoms with Crippen molar-refractivity contribution in [3.8, 4) is 0 Å². The number of rotatable bonds is 2. The average Bonchev–Trinajstić information content (AvgIpc) is 2.35. The molecule has 0 aliphatic carbocycles. The van der Waals surface area contributed by atoms with Gasteiger partial charge in [0.25, 0.3) is 0 Å². The Labute approximate surface area is 114 Å². The topological polar surface area (TPSA) is 41.1 Å². The highest BCUT2D eigenvalue weighted by Gasteiger charge is 2.34. The fourth-order valence-electron chi connectivity index (χ4n) is 2.06. The molecule has 1 aliphatic rings. The lowest BCUT2D eigenvalue weighted by Crippen LogP contribution is -2.42. The summed E-state index contributed by atoms with van der Waals surface area (Å²) >= 11 is 3.09. The van der Waals surface area contributed by atoms with Crippen molar-refractivity contribution in [2.45, 2.75) is 19.8 Å². The Bertz CT molecular complexity index is 458. The number of carbonyl (C=O) groups excluding carboxylic acids is 1. The van der Waals surface area contributed by atoms with E-state index in [1.54, 1.807) is 12.1 Å². The predicted octanol–water partition coefficient (Wildman–Crippen LogP) is 2.92. The van der Waals surface area contributed by atoms with Crippen LogP contribution in [0.3, 0.4) is 0 Å². The number of nitrogens with one attached hydrogen (secondary N) is 2. The zero-order valence-electron chi connectivity index (χ0n) is 10.2. The van der Waals surface area contributed by atoms with Crippen LogP contribution in [-0.2, 0) is 4.79 Å². The molecule has 5 heteroatoms. The van der Waals surface area contributed by atoms with E-state index < -0.39 is 0 Å². The summed E-state index contributed by atoms with van der Waals surface area (Å²) in [4.78, 5) is 12.2. The molecule has 2 rings (SSSR count). The van der Waals surface area contributed by atoms with E-state index in [-0.39, 0.29) is 17.1 Å². The summed E-state index contributed by atoms with van der Waals surface area (Å²) in [5, 5.41) is 6.02. The smallest absolute Gasteiger partial charge is 0.230 e. The second kappa shape index (κ2) is 5.36. The highest BCUT2D eigenvalue weighted by Crippen LogP contribution is 2.30. The van der Waals surface area contributed by atoms with E-state index in [1.807, 2.05) is 6.92 Å². The molecule has 1 aromatic rings. The van der Waals surface area contributed by atoms with Crippen LogP contribution >= 0.6 is 15.9 Å². The third kappa shape index (κ3) is 2.90. The lowest BCUT2D eigenvalue weighted by atomic mass is 9.80. The molecule has 1 aromatic carbocycles. The van der Waals surface area contributed by atoms with Crippen molar-refractivity contribution in [1.82, 2.24) is 5.32 Å². The van der Waals surface area contributed by atoms with Crippen molar-refractivity contribution >= 4 is 27.5 Å². The van der Waals surface area contributed by atoms with Crippen molar-refractivity contribution < 1.29 is 9.18 Å². The molecule has 2 N–H and O–H groups in total. The molecule has 0 aromatic heterocycles. The summed E-state index contributed by atoms with van der Waals surface area (Å²) in [6, 6.07) is 4.61. The van der Waals surface area contributed by atoms with Gasteiger partial charge in [0.15, 0.2) is 0 Å². The van der Waals surface area contributed by atoms with E-state index in [9.17, 15) is 9.18 Å². The third-order valence-electron chi connectivity index (χ3n) is 3.43. The number of amides is 1. The van der Waals surface area contributed by atoms with Crippen molar-refractivity contribution in [1.29, 1.82) is 0 Å². The first-order valence-corrected chi connectivity index (χ1v) is 6.78. The Morgan fingerprint density at radius 2 is 2.11 bits per heavy atom. The summed E-state index contributed by atoms with van der Waals surface area (Å²) in [6.07, 6.45) is 1.61. The van der Waals surface area contributed by atoms with E-state index in [4.69, 9.17) is 0 Å². The van der Waals surface area contributed by atoms with Gasteiger partial charge in [0.05, 0.1) is 4.47 Å². The minimum Gasteiger partial charge on any atom is -0.326 e. The molecule has 0 atom stereocenters. The molecule has 18 heavy (non-hydrogen) atoms. The first-order valence-electron chi connectivity index (χ1n) is 5.98. The summed E-state index contributed by atoms with van der Waals surface area (Å²) in [5.41, 5.74) is 0.134. The third-order valence-corrected chi connectivity index (χ3v) is 4.08. The van der Waals surface area contributed by atoms with Gasteiger partial charge in [0.2, 0.25) is 5.91 Å². The minimum absolute atomic E-state index is 0.0364. The molecule has 98 valence electrons. The van der Waals surface area contributed by atoms with Gasteiger partial charge in [-0.1, -0.05) is 6.92 Å².